The number of carbonyl (C=O) groups is 2. The molecule has 0 aliphatic carbocycles. The number of ether oxygens (including phenoxy) is 2. The number of amides is 1. The highest BCUT2D eigenvalue weighted by Gasteiger charge is 2.11. The second-order valence-electron chi connectivity index (χ2n) is 5.03. The second kappa shape index (κ2) is 9.12. The van der Waals surface area contributed by atoms with Crippen molar-refractivity contribution in [3.05, 3.63) is 24.5 Å². The molecule has 132 valence electrons. The van der Waals surface area contributed by atoms with E-state index in [4.69, 9.17) is 9.47 Å². The van der Waals surface area contributed by atoms with E-state index in [1.54, 1.807) is 32.4 Å². The first-order chi connectivity index (χ1) is 11.0. The summed E-state index contributed by atoms with van der Waals surface area (Å²) in [7, 11) is 1.67. The zero-order valence-electron chi connectivity index (χ0n) is 14.0. The third kappa shape index (κ3) is 4.86. The van der Waals surface area contributed by atoms with Crippen LogP contribution in [0, 0.1) is 0 Å². The molecule has 0 spiro atoms. The maximum Gasteiger partial charge on any atom is 0.414 e. The van der Waals surface area contributed by atoms with E-state index in [-0.39, 0.29) is 24.8 Å². The fourth-order valence-corrected chi connectivity index (χ4v) is 2.04. The molecule has 2 aromatic rings. The smallest absolute Gasteiger partial charge is 0.414 e. The number of nitrogens with zero attached hydrogens (tertiary/aromatic N) is 3. The number of halogens is 1. The first-order valence-corrected chi connectivity index (χ1v) is 7.58. The Morgan fingerprint density at radius 3 is 2.71 bits per heavy atom. The highest BCUT2D eigenvalue weighted by Crippen LogP contribution is 2.20. The summed E-state index contributed by atoms with van der Waals surface area (Å²) in [6.07, 6.45) is 1.54. The summed E-state index contributed by atoms with van der Waals surface area (Å²) >= 11 is 0. The molecule has 0 atom stereocenters. The maximum atomic E-state index is 11.8. The van der Waals surface area contributed by atoms with Crippen LogP contribution >= 0.6 is 12.4 Å². The second-order valence-corrected chi connectivity index (χ2v) is 5.03. The van der Waals surface area contributed by atoms with Crippen molar-refractivity contribution in [3.8, 4) is 5.75 Å². The third-order valence-electron chi connectivity index (χ3n) is 3.45. The fraction of sp³-hybridized carbons (Fsp3) is 0.438. The van der Waals surface area contributed by atoms with Gasteiger partial charge in [-0.2, -0.15) is 0 Å². The Labute approximate surface area is 146 Å². The summed E-state index contributed by atoms with van der Waals surface area (Å²) in [6, 6.07) is 5.24. The molecule has 2 rings (SSSR count). The minimum atomic E-state index is -0.409. The summed E-state index contributed by atoms with van der Waals surface area (Å²) < 4.78 is 12.1. The van der Waals surface area contributed by atoms with Crippen LogP contribution in [0.2, 0.25) is 0 Å². The first kappa shape index (κ1) is 19.8. The van der Waals surface area contributed by atoms with Crippen LogP contribution in [0.3, 0.4) is 0 Å². The van der Waals surface area contributed by atoms with Crippen LogP contribution in [-0.4, -0.2) is 46.7 Å². The van der Waals surface area contributed by atoms with E-state index in [0.29, 0.717) is 31.0 Å². The number of rotatable bonds is 6. The number of aryl methyl sites for hydroxylation is 1. The normalized spacial score (nSPS) is 10.1. The van der Waals surface area contributed by atoms with Crippen molar-refractivity contribution in [2.75, 3.05) is 20.2 Å². The lowest BCUT2D eigenvalue weighted by Gasteiger charge is -2.14. The van der Waals surface area contributed by atoms with E-state index in [0.717, 1.165) is 5.52 Å². The average molecular weight is 356 g/mol. The van der Waals surface area contributed by atoms with E-state index in [9.17, 15) is 9.59 Å². The van der Waals surface area contributed by atoms with Gasteiger partial charge in [-0.1, -0.05) is 0 Å². The van der Waals surface area contributed by atoms with Gasteiger partial charge < -0.3 is 18.9 Å². The topological polar surface area (TPSA) is 73.7 Å². The number of esters is 1. The van der Waals surface area contributed by atoms with Crippen LogP contribution in [0.5, 0.6) is 5.75 Å². The van der Waals surface area contributed by atoms with Crippen LogP contribution in [0.15, 0.2) is 24.5 Å². The summed E-state index contributed by atoms with van der Waals surface area (Å²) in [6.45, 7) is 5.10. The van der Waals surface area contributed by atoms with E-state index in [2.05, 4.69) is 4.98 Å². The number of fused-ring (bicyclic) bond motifs is 1. The molecular formula is C16H22ClN3O4. The fourth-order valence-electron chi connectivity index (χ4n) is 2.04. The predicted molar refractivity (Wildman–Crippen MR) is 92.6 cm³/mol. The molecule has 0 radical (unpaired) electrons. The van der Waals surface area contributed by atoms with Gasteiger partial charge in [-0.25, -0.2) is 9.78 Å². The van der Waals surface area contributed by atoms with E-state index in [1.807, 2.05) is 17.6 Å². The number of aromatic nitrogens is 2. The molecule has 1 aromatic carbocycles. The Kier molecular flexibility index (Phi) is 7.51. The maximum absolute atomic E-state index is 11.8. The standard InChI is InChI=1S/C16H21N3O4.ClH/c1-4-18(3)16(21)23-12-6-7-14-13(10-12)17-11-19(14)9-8-15(20)22-5-2;/h6-7,10-11H,4-5,8-9H2,1-3H3;1H. The summed E-state index contributed by atoms with van der Waals surface area (Å²) in [5.74, 6) is 0.209. The van der Waals surface area contributed by atoms with E-state index >= 15 is 0 Å². The van der Waals surface area contributed by atoms with Crippen LogP contribution in [0.25, 0.3) is 11.0 Å². The van der Waals surface area contributed by atoms with Crippen LogP contribution < -0.4 is 4.74 Å². The van der Waals surface area contributed by atoms with Gasteiger partial charge in [0.05, 0.1) is 30.4 Å². The Hall–Kier alpha value is -2.28. The van der Waals surface area contributed by atoms with Crippen LogP contribution in [0.1, 0.15) is 20.3 Å². The molecule has 0 saturated heterocycles. The van der Waals surface area contributed by atoms with Crippen molar-refractivity contribution < 1.29 is 19.1 Å². The van der Waals surface area contributed by atoms with Crippen LogP contribution in [-0.2, 0) is 16.1 Å². The molecule has 0 unspecified atom stereocenters. The molecule has 0 saturated carbocycles. The highest BCUT2D eigenvalue weighted by atomic mass is 35.5. The van der Waals surface area contributed by atoms with Crippen molar-refractivity contribution in [1.82, 2.24) is 14.5 Å². The lowest BCUT2D eigenvalue weighted by molar-refractivity contribution is -0.143. The Morgan fingerprint density at radius 2 is 2.04 bits per heavy atom. The van der Waals surface area contributed by atoms with Crippen molar-refractivity contribution in [2.24, 2.45) is 0 Å². The molecule has 7 nitrogen and oxygen atoms in total. The molecule has 0 aliphatic heterocycles. The van der Waals surface area contributed by atoms with Gasteiger partial charge in [-0.15, -0.1) is 12.4 Å². The van der Waals surface area contributed by atoms with Crippen molar-refractivity contribution in [1.29, 1.82) is 0 Å². The zero-order valence-corrected chi connectivity index (χ0v) is 14.8. The molecule has 0 N–H and O–H groups in total. The molecule has 1 aromatic heterocycles. The van der Waals surface area contributed by atoms with Gasteiger partial charge in [-0.3, -0.25) is 4.79 Å². The minimum Gasteiger partial charge on any atom is -0.466 e. The van der Waals surface area contributed by atoms with Gasteiger partial charge in [0.15, 0.2) is 0 Å². The Bertz CT molecular complexity index is 702. The quantitative estimate of drug-likeness (QED) is 0.745. The van der Waals surface area contributed by atoms with E-state index < -0.39 is 6.09 Å². The van der Waals surface area contributed by atoms with Gasteiger partial charge in [0.1, 0.15) is 5.75 Å². The predicted octanol–water partition coefficient (Wildman–Crippen LogP) is 2.86. The molecular weight excluding hydrogens is 334 g/mol. The van der Waals surface area contributed by atoms with E-state index in [1.165, 1.54) is 4.90 Å². The molecule has 1 amide bonds. The van der Waals surface area contributed by atoms with Gasteiger partial charge in [-0.05, 0) is 26.0 Å². The summed E-state index contributed by atoms with van der Waals surface area (Å²) in [5, 5.41) is 0. The molecule has 0 fully saturated rings. The first-order valence-electron chi connectivity index (χ1n) is 7.58. The molecule has 24 heavy (non-hydrogen) atoms. The van der Waals surface area contributed by atoms with Crippen molar-refractivity contribution in [2.45, 2.75) is 26.8 Å². The average Bonchev–Trinajstić information content (AvgIpc) is 2.94. The van der Waals surface area contributed by atoms with Crippen LogP contribution in [0.4, 0.5) is 4.79 Å². The third-order valence-corrected chi connectivity index (χ3v) is 3.45. The van der Waals surface area contributed by atoms with Gasteiger partial charge in [0, 0.05) is 26.2 Å². The molecule has 8 heteroatoms. The zero-order chi connectivity index (χ0) is 16.8. The van der Waals surface area contributed by atoms with Crippen molar-refractivity contribution >= 4 is 35.5 Å². The summed E-state index contributed by atoms with van der Waals surface area (Å²) in [5.41, 5.74) is 1.58. The Balaban J connectivity index is 0.00000288. The lowest BCUT2D eigenvalue weighted by Crippen LogP contribution is -2.29. The largest absolute Gasteiger partial charge is 0.466 e. The number of carbonyl (C=O) groups excluding carboxylic acids is 2. The monoisotopic (exact) mass is 355 g/mol. The molecule has 0 aliphatic rings. The SMILES string of the molecule is CCOC(=O)CCn1cnc2cc(OC(=O)N(C)CC)ccc21.Cl. The number of hydrogen-bond acceptors (Lipinski definition) is 5. The highest BCUT2D eigenvalue weighted by molar-refractivity contribution is 5.85. The van der Waals surface area contributed by atoms with Crippen molar-refractivity contribution in [3.63, 3.8) is 0 Å². The van der Waals surface area contributed by atoms with Gasteiger partial charge >= 0.3 is 12.1 Å². The van der Waals surface area contributed by atoms with Gasteiger partial charge in [0.2, 0.25) is 0 Å². The minimum absolute atomic E-state index is 0. The number of benzene rings is 1. The molecule has 0 bridgehead atoms. The lowest BCUT2D eigenvalue weighted by atomic mass is 10.3. The Morgan fingerprint density at radius 1 is 1.29 bits per heavy atom. The number of hydrogen-bond donors (Lipinski definition) is 0. The number of imidazole rings is 1. The summed E-state index contributed by atoms with van der Waals surface area (Å²) in [4.78, 5) is 28.9. The molecule has 1 heterocycles. The van der Waals surface area contributed by atoms with Gasteiger partial charge in [0.25, 0.3) is 0 Å².